The molecule has 5 heterocycles. The number of ether oxygens (including phenoxy) is 5. The number of rotatable bonds is 11. The highest BCUT2D eigenvalue weighted by Gasteiger charge is 2.63. The zero-order valence-electron chi connectivity index (χ0n) is 39.0. The molecule has 6 bridgehead atoms. The molecular formula is C47H64ClN5O13. The van der Waals surface area contributed by atoms with Crippen LogP contribution in [-0.4, -0.2) is 145 Å². The SMILES string of the molecule is COc1cc2cc(c1Cl)N(C)C(=O)C[C@H](OC(=O)[C@H](C)N(C)C(=O)C1CCC(CNC(=O)CCN3C(=O)C=CC3O)CC1)[C@@]1(C)CC(C)(O1)[C@@H]1C[C@@](O)(NC(=O)O1)[C@H](OC)/C=C/C=C(\C)C2. The lowest BCUT2D eigenvalue weighted by Gasteiger charge is -2.59. The topological polar surface area (TPSA) is 223 Å². The first-order valence-corrected chi connectivity index (χ1v) is 22.8. The average Bonchev–Trinajstić information content (AvgIpc) is 3.59. The van der Waals surface area contributed by atoms with E-state index in [2.05, 4.69) is 10.6 Å². The second kappa shape index (κ2) is 20.5. The number of fused-ring (bicyclic) bond motifs is 6. The number of benzene rings is 1. The van der Waals surface area contributed by atoms with Gasteiger partial charge < -0.3 is 53.9 Å². The van der Waals surface area contributed by atoms with E-state index in [9.17, 15) is 39.0 Å². The van der Waals surface area contributed by atoms with Crippen LogP contribution < -0.4 is 20.3 Å². The summed E-state index contributed by atoms with van der Waals surface area (Å²) in [6.07, 6.45) is 5.33. The summed E-state index contributed by atoms with van der Waals surface area (Å²) in [6.45, 7) is 7.39. The summed E-state index contributed by atoms with van der Waals surface area (Å²) < 4.78 is 29.8. The Balaban J connectivity index is 1.16. The lowest BCUT2D eigenvalue weighted by molar-refractivity contribution is -0.328. The summed E-state index contributed by atoms with van der Waals surface area (Å²) in [5.41, 5.74) is -2.33. The van der Waals surface area contributed by atoms with Crippen molar-refractivity contribution in [3.05, 3.63) is 58.7 Å². The molecule has 1 aromatic rings. The first-order valence-electron chi connectivity index (χ1n) is 22.4. The van der Waals surface area contributed by atoms with Gasteiger partial charge >= 0.3 is 12.1 Å². The van der Waals surface area contributed by atoms with E-state index in [0.29, 0.717) is 50.1 Å². The monoisotopic (exact) mass is 941 g/mol. The number of hydrogen-bond donors (Lipinski definition) is 4. The Kier molecular flexibility index (Phi) is 15.6. The van der Waals surface area contributed by atoms with Gasteiger partial charge in [0, 0.05) is 65.6 Å². The summed E-state index contributed by atoms with van der Waals surface area (Å²) in [6, 6.07) is 2.50. The standard InChI is InChI=1S/C47H64ClN5O13/c1-27-10-9-11-34(63-8)47(61)24-36(65-44(60)50-47)46(4)26-45(3,66-46)35(23-40(57)52(6)32-21-30(20-27)22-33(62-7)41(32)48)64-43(59)28(2)51(5)42(58)31-14-12-29(13-15-31)25-49-37(54)18-19-53-38(55)16-17-39(53)56/h9-11,16-17,21-22,28-29,31,34-36,38,55,61H,12-15,18-20,23-26H2,1-8H3,(H,49,54)(H,50,60)/b11-9+,27-10+/t28-,29?,31?,34+,35-,36-,38?,45+,46?,47-/m0/s1. The molecule has 1 aliphatic carbocycles. The van der Waals surface area contributed by atoms with E-state index >= 15 is 0 Å². The normalized spacial score (nSPS) is 33.1. The van der Waals surface area contributed by atoms with E-state index in [1.165, 1.54) is 48.1 Å². The van der Waals surface area contributed by atoms with Crippen LogP contribution in [0.15, 0.2) is 48.1 Å². The largest absolute Gasteiger partial charge is 0.495 e. The Bertz CT molecular complexity index is 2130. The van der Waals surface area contributed by atoms with Gasteiger partial charge in [0.1, 0.15) is 52.6 Å². The van der Waals surface area contributed by atoms with Crippen molar-refractivity contribution in [3.8, 4) is 5.75 Å². The quantitative estimate of drug-likeness (QED) is 0.233. The zero-order valence-corrected chi connectivity index (χ0v) is 39.7. The molecule has 18 nitrogen and oxygen atoms in total. The van der Waals surface area contributed by atoms with Crippen LogP contribution in [-0.2, 0) is 49.3 Å². The van der Waals surface area contributed by atoms with Crippen LogP contribution in [0, 0.1) is 11.8 Å². The molecule has 5 amide bonds. The van der Waals surface area contributed by atoms with Crippen LogP contribution in [0.2, 0.25) is 5.02 Å². The number of aliphatic hydroxyl groups excluding tert-OH is 1. The van der Waals surface area contributed by atoms with Crippen LogP contribution in [0.25, 0.3) is 0 Å². The number of anilines is 1. The van der Waals surface area contributed by atoms with E-state index in [1.807, 2.05) is 13.0 Å². The average molecular weight is 943 g/mol. The summed E-state index contributed by atoms with van der Waals surface area (Å²) in [5, 5.41) is 27.3. The Morgan fingerprint density at radius 2 is 1.79 bits per heavy atom. The second-order valence-electron chi connectivity index (χ2n) is 18.7. The minimum Gasteiger partial charge on any atom is -0.495 e. The fraction of sp³-hybridized carbons (Fsp3) is 0.617. The second-order valence-corrected chi connectivity index (χ2v) is 19.1. The van der Waals surface area contributed by atoms with Gasteiger partial charge in [0.2, 0.25) is 23.6 Å². The molecule has 0 aromatic heterocycles. The van der Waals surface area contributed by atoms with Crippen LogP contribution in [0.1, 0.15) is 84.6 Å². The molecule has 6 aliphatic rings. The molecule has 2 unspecified atom stereocenters. The number of amides is 5. The summed E-state index contributed by atoms with van der Waals surface area (Å²) >= 11 is 6.81. The first-order chi connectivity index (χ1) is 31.1. The number of carbonyl (C=O) groups excluding carboxylic acids is 6. The summed E-state index contributed by atoms with van der Waals surface area (Å²) in [4.78, 5) is 83.7. The Hall–Kier alpha value is -5.01. The van der Waals surface area contributed by atoms with Crippen molar-refractivity contribution in [1.82, 2.24) is 20.4 Å². The molecule has 19 heteroatoms. The smallest absolute Gasteiger partial charge is 0.409 e. The Morgan fingerprint density at radius 1 is 1.09 bits per heavy atom. The number of nitrogens with zero attached hydrogens (tertiary/aromatic N) is 3. The minimum absolute atomic E-state index is 0.0495. The van der Waals surface area contributed by atoms with Gasteiger partial charge in [-0.05, 0) is 89.5 Å². The first kappa shape index (κ1) is 50.4. The lowest BCUT2D eigenvalue weighted by atomic mass is 9.72. The van der Waals surface area contributed by atoms with Gasteiger partial charge in [0.05, 0.1) is 19.2 Å². The van der Waals surface area contributed by atoms with Crippen LogP contribution >= 0.6 is 11.6 Å². The van der Waals surface area contributed by atoms with Crippen LogP contribution in [0.4, 0.5) is 10.5 Å². The molecule has 3 fully saturated rings. The number of alkyl carbamates (subject to hydrolysis) is 1. The van der Waals surface area contributed by atoms with Crippen molar-refractivity contribution in [2.24, 2.45) is 11.8 Å². The lowest BCUT2D eigenvalue weighted by Crippen LogP contribution is -2.72. The van der Waals surface area contributed by atoms with Crippen molar-refractivity contribution in [1.29, 1.82) is 0 Å². The number of hydrogen-bond acceptors (Lipinski definition) is 13. The summed E-state index contributed by atoms with van der Waals surface area (Å²) in [7, 11) is 6.00. The number of esters is 1. The van der Waals surface area contributed by atoms with Crippen LogP contribution in [0.5, 0.6) is 5.75 Å². The molecule has 362 valence electrons. The van der Waals surface area contributed by atoms with Gasteiger partial charge in [-0.1, -0.05) is 35.4 Å². The third-order valence-electron chi connectivity index (χ3n) is 13.8. The van der Waals surface area contributed by atoms with Crippen LogP contribution in [0.3, 0.4) is 0 Å². The Morgan fingerprint density at radius 3 is 2.42 bits per heavy atom. The van der Waals surface area contributed by atoms with Crippen molar-refractivity contribution < 1.29 is 62.7 Å². The molecular weight excluding hydrogens is 878 g/mol. The third kappa shape index (κ3) is 11.0. The van der Waals surface area contributed by atoms with E-state index in [4.69, 9.17) is 35.3 Å². The number of likely N-dealkylation sites (N-methyl/N-ethyl adjacent to an activating group) is 1. The maximum absolute atomic E-state index is 14.3. The van der Waals surface area contributed by atoms with Gasteiger partial charge in [0.15, 0.2) is 5.72 Å². The fourth-order valence-electron chi connectivity index (χ4n) is 9.70. The van der Waals surface area contributed by atoms with Crippen molar-refractivity contribution in [3.63, 3.8) is 0 Å². The van der Waals surface area contributed by atoms with E-state index < -0.39 is 65.5 Å². The number of halogens is 1. The molecule has 1 aromatic carbocycles. The predicted octanol–water partition coefficient (Wildman–Crippen LogP) is 3.69. The molecule has 2 saturated heterocycles. The molecule has 4 N–H and O–H groups in total. The van der Waals surface area contributed by atoms with E-state index in [-0.39, 0.29) is 66.8 Å². The van der Waals surface area contributed by atoms with Gasteiger partial charge in [-0.2, -0.15) is 0 Å². The predicted molar refractivity (Wildman–Crippen MR) is 241 cm³/mol. The van der Waals surface area contributed by atoms with Gasteiger partial charge in [0.25, 0.3) is 0 Å². The van der Waals surface area contributed by atoms with Crippen molar-refractivity contribution in [2.45, 2.75) is 133 Å². The molecule has 7 rings (SSSR count). The van der Waals surface area contributed by atoms with Crippen molar-refractivity contribution >= 4 is 53.0 Å². The number of aliphatic hydroxyl groups is 2. The fourth-order valence-corrected chi connectivity index (χ4v) is 10.0. The Labute approximate surface area is 390 Å². The minimum atomic E-state index is -1.89. The molecule has 1 saturated carbocycles. The van der Waals surface area contributed by atoms with E-state index in [1.54, 1.807) is 52.1 Å². The van der Waals surface area contributed by atoms with Gasteiger partial charge in [-0.3, -0.25) is 24.5 Å². The van der Waals surface area contributed by atoms with Gasteiger partial charge in [-0.25, -0.2) is 9.59 Å². The highest BCUT2D eigenvalue weighted by Crippen LogP contribution is 2.50. The highest BCUT2D eigenvalue weighted by molar-refractivity contribution is 6.35. The summed E-state index contributed by atoms with van der Waals surface area (Å²) in [5.74, 6) is -1.93. The van der Waals surface area contributed by atoms with Gasteiger partial charge in [-0.15, -0.1) is 0 Å². The maximum atomic E-state index is 14.3. The number of nitrogens with one attached hydrogen (secondary N) is 2. The molecule has 0 radical (unpaired) electrons. The number of allylic oxidation sites excluding steroid dienone is 3. The molecule has 0 spiro atoms. The number of methoxy groups -OCH3 is 2. The van der Waals surface area contributed by atoms with Crippen molar-refractivity contribution in [2.75, 3.05) is 46.3 Å². The number of carbonyl (C=O) groups is 6. The highest BCUT2D eigenvalue weighted by atomic mass is 35.5. The third-order valence-corrected chi connectivity index (χ3v) is 14.1. The molecule has 5 aliphatic heterocycles. The molecule has 66 heavy (non-hydrogen) atoms. The maximum Gasteiger partial charge on any atom is 0.409 e. The molecule has 8 atom stereocenters. The van der Waals surface area contributed by atoms with E-state index in [0.717, 1.165) is 11.1 Å². The zero-order chi connectivity index (χ0) is 48.3.